The van der Waals surface area contributed by atoms with Gasteiger partial charge in [0, 0.05) is 6.54 Å². The highest BCUT2D eigenvalue weighted by Crippen LogP contribution is 2.22. The lowest BCUT2D eigenvalue weighted by Crippen LogP contribution is -2.33. The van der Waals surface area contributed by atoms with Crippen molar-refractivity contribution in [3.8, 4) is 0 Å². The summed E-state index contributed by atoms with van der Waals surface area (Å²) in [7, 11) is -3.70. The zero-order chi connectivity index (χ0) is 19.0. The Morgan fingerprint density at radius 1 is 1.12 bits per heavy atom. The van der Waals surface area contributed by atoms with E-state index >= 15 is 0 Å². The first kappa shape index (κ1) is 20.4. The third-order valence-corrected chi connectivity index (χ3v) is 6.16. The smallest absolute Gasteiger partial charge is 0.307 e. The summed E-state index contributed by atoms with van der Waals surface area (Å²) in [6.45, 7) is 0.164. The van der Waals surface area contributed by atoms with Crippen molar-refractivity contribution in [3.05, 3.63) is 30.1 Å². The van der Waals surface area contributed by atoms with Gasteiger partial charge in [0.25, 0.3) is 5.91 Å². The van der Waals surface area contributed by atoms with Crippen LogP contribution < -0.4 is 5.32 Å². The first-order valence-electron chi connectivity index (χ1n) is 8.77. The van der Waals surface area contributed by atoms with Gasteiger partial charge in [0.15, 0.2) is 16.4 Å². The van der Waals surface area contributed by atoms with Gasteiger partial charge < -0.3 is 10.1 Å². The highest BCUT2D eigenvalue weighted by Gasteiger charge is 2.18. The molecular formula is C18H24FNO5S. The zero-order valence-electron chi connectivity index (χ0n) is 14.6. The number of esters is 1. The number of ether oxygens (including phenoxy) is 1. The summed E-state index contributed by atoms with van der Waals surface area (Å²) < 4.78 is 41.8. The summed E-state index contributed by atoms with van der Waals surface area (Å²) in [6.07, 6.45) is 5.43. The monoisotopic (exact) mass is 385 g/mol. The van der Waals surface area contributed by atoms with E-state index in [1.807, 2.05) is 0 Å². The number of nitrogens with one attached hydrogen (secondary N) is 1. The molecule has 26 heavy (non-hydrogen) atoms. The van der Waals surface area contributed by atoms with E-state index in [4.69, 9.17) is 4.74 Å². The Balaban J connectivity index is 1.67. The number of hydrogen-bond acceptors (Lipinski definition) is 5. The van der Waals surface area contributed by atoms with Gasteiger partial charge in [-0.05, 0) is 43.0 Å². The lowest BCUT2D eigenvalue weighted by molar-refractivity contribution is -0.148. The van der Waals surface area contributed by atoms with Crippen molar-refractivity contribution in [2.75, 3.05) is 18.9 Å². The van der Waals surface area contributed by atoms with Crippen LogP contribution in [0.1, 0.15) is 38.5 Å². The molecule has 0 radical (unpaired) electrons. The van der Waals surface area contributed by atoms with E-state index in [0.29, 0.717) is 12.5 Å². The van der Waals surface area contributed by atoms with Crippen LogP contribution in [0, 0.1) is 11.7 Å². The Labute approximate surface area is 153 Å². The molecule has 2 rings (SSSR count). The molecular weight excluding hydrogens is 361 g/mol. The van der Waals surface area contributed by atoms with Gasteiger partial charge in [0.05, 0.1) is 17.1 Å². The molecule has 6 nitrogen and oxygen atoms in total. The number of sulfone groups is 1. The van der Waals surface area contributed by atoms with Gasteiger partial charge in [-0.15, -0.1) is 0 Å². The average molecular weight is 385 g/mol. The van der Waals surface area contributed by atoms with Gasteiger partial charge in [-0.1, -0.05) is 19.3 Å². The fraction of sp³-hybridized carbons (Fsp3) is 0.556. The number of hydrogen-bond donors (Lipinski definition) is 1. The van der Waals surface area contributed by atoms with Crippen molar-refractivity contribution < 1.29 is 27.1 Å². The van der Waals surface area contributed by atoms with Gasteiger partial charge in [0.2, 0.25) is 0 Å². The maximum atomic E-state index is 12.8. The Hall–Kier alpha value is -1.96. The molecule has 1 saturated carbocycles. The van der Waals surface area contributed by atoms with E-state index in [1.165, 1.54) is 19.3 Å². The number of halogens is 1. The standard InChI is InChI=1S/C18H24FNO5S/c19-15-6-8-16(9-7-15)26(23,24)11-10-18(22)25-13-17(21)20-12-14-4-2-1-3-5-14/h6-9,14H,1-5,10-13H2,(H,20,21). The zero-order valence-corrected chi connectivity index (χ0v) is 15.4. The van der Waals surface area contributed by atoms with E-state index in [1.54, 1.807) is 0 Å². The molecule has 0 atom stereocenters. The van der Waals surface area contributed by atoms with Crippen molar-refractivity contribution in [2.45, 2.75) is 43.4 Å². The van der Waals surface area contributed by atoms with Crippen LogP contribution in [0.2, 0.25) is 0 Å². The van der Waals surface area contributed by atoms with Crippen LogP contribution in [0.5, 0.6) is 0 Å². The van der Waals surface area contributed by atoms with Crippen LogP contribution >= 0.6 is 0 Å². The fourth-order valence-electron chi connectivity index (χ4n) is 2.90. The van der Waals surface area contributed by atoms with Crippen molar-refractivity contribution in [1.29, 1.82) is 0 Å². The second-order valence-electron chi connectivity index (χ2n) is 6.49. The first-order valence-corrected chi connectivity index (χ1v) is 10.4. The molecule has 8 heteroatoms. The third-order valence-electron chi connectivity index (χ3n) is 4.42. The van der Waals surface area contributed by atoms with Crippen molar-refractivity contribution >= 4 is 21.7 Å². The maximum absolute atomic E-state index is 12.8. The number of carbonyl (C=O) groups is 2. The molecule has 1 aromatic rings. The third kappa shape index (κ3) is 6.74. The van der Waals surface area contributed by atoms with Gasteiger partial charge in [0.1, 0.15) is 5.82 Å². The SMILES string of the molecule is O=C(COC(=O)CCS(=O)(=O)c1ccc(F)cc1)NCC1CCCCC1. The van der Waals surface area contributed by atoms with Crippen LogP contribution in [0.4, 0.5) is 4.39 Å². The Morgan fingerprint density at radius 3 is 2.42 bits per heavy atom. The molecule has 0 bridgehead atoms. The van der Waals surface area contributed by atoms with Gasteiger partial charge in [-0.2, -0.15) is 0 Å². The molecule has 1 aromatic carbocycles. The normalized spacial score (nSPS) is 15.4. The second kappa shape index (κ2) is 9.66. The minimum absolute atomic E-state index is 0.0584. The second-order valence-corrected chi connectivity index (χ2v) is 8.60. The molecule has 1 fully saturated rings. The predicted octanol–water partition coefficient (Wildman–Crippen LogP) is 2.23. The molecule has 0 heterocycles. The summed E-state index contributed by atoms with van der Waals surface area (Å²) in [5, 5.41) is 2.74. The molecule has 0 spiro atoms. The van der Waals surface area contributed by atoms with Crippen LogP contribution in [-0.2, 0) is 24.2 Å². The largest absolute Gasteiger partial charge is 0.456 e. The number of rotatable bonds is 8. The maximum Gasteiger partial charge on any atom is 0.307 e. The lowest BCUT2D eigenvalue weighted by atomic mass is 9.89. The summed E-state index contributed by atoms with van der Waals surface area (Å²) >= 11 is 0. The van der Waals surface area contributed by atoms with E-state index in [-0.39, 0.29) is 17.2 Å². The summed E-state index contributed by atoms with van der Waals surface area (Å²) in [6, 6.07) is 4.38. The van der Waals surface area contributed by atoms with Crippen LogP contribution in [0.15, 0.2) is 29.2 Å². The van der Waals surface area contributed by atoms with Crippen molar-refractivity contribution in [3.63, 3.8) is 0 Å². The Bertz CT molecular complexity index is 712. The molecule has 144 valence electrons. The minimum atomic E-state index is -3.70. The van der Waals surface area contributed by atoms with E-state index < -0.39 is 34.0 Å². The van der Waals surface area contributed by atoms with E-state index in [2.05, 4.69) is 5.32 Å². The summed E-state index contributed by atoms with van der Waals surface area (Å²) in [5.41, 5.74) is 0. The molecule has 0 aliphatic heterocycles. The molecule has 0 saturated heterocycles. The molecule has 1 aliphatic carbocycles. The van der Waals surface area contributed by atoms with Crippen molar-refractivity contribution in [1.82, 2.24) is 5.32 Å². The quantitative estimate of drug-likeness (QED) is 0.547. The summed E-state index contributed by atoms with van der Waals surface area (Å²) in [5.74, 6) is -1.66. The highest BCUT2D eigenvalue weighted by atomic mass is 32.2. The first-order chi connectivity index (χ1) is 12.4. The van der Waals surface area contributed by atoms with Crippen LogP contribution in [-0.4, -0.2) is 39.2 Å². The fourth-order valence-corrected chi connectivity index (χ4v) is 4.12. The topological polar surface area (TPSA) is 89.5 Å². The molecule has 1 aliphatic rings. The molecule has 1 N–H and O–H groups in total. The Kier molecular flexibility index (Phi) is 7.56. The van der Waals surface area contributed by atoms with Gasteiger partial charge in [-0.25, -0.2) is 12.8 Å². The predicted molar refractivity (Wildman–Crippen MR) is 93.6 cm³/mol. The molecule has 0 unspecified atom stereocenters. The lowest BCUT2D eigenvalue weighted by Gasteiger charge is -2.21. The Morgan fingerprint density at radius 2 is 1.77 bits per heavy atom. The van der Waals surface area contributed by atoms with E-state index in [0.717, 1.165) is 37.1 Å². The van der Waals surface area contributed by atoms with Crippen molar-refractivity contribution in [2.24, 2.45) is 5.92 Å². The van der Waals surface area contributed by atoms with E-state index in [9.17, 15) is 22.4 Å². The number of benzene rings is 1. The highest BCUT2D eigenvalue weighted by molar-refractivity contribution is 7.91. The van der Waals surface area contributed by atoms with Gasteiger partial charge >= 0.3 is 5.97 Å². The average Bonchev–Trinajstić information content (AvgIpc) is 2.64. The minimum Gasteiger partial charge on any atom is -0.456 e. The van der Waals surface area contributed by atoms with Crippen LogP contribution in [0.3, 0.4) is 0 Å². The number of carbonyl (C=O) groups excluding carboxylic acids is 2. The van der Waals surface area contributed by atoms with Gasteiger partial charge in [-0.3, -0.25) is 9.59 Å². The molecule has 1 amide bonds. The number of amides is 1. The molecule has 0 aromatic heterocycles. The van der Waals surface area contributed by atoms with Crippen LogP contribution in [0.25, 0.3) is 0 Å². The summed E-state index contributed by atoms with van der Waals surface area (Å²) in [4.78, 5) is 23.3.